The maximum Gasteiger partial charge on any atom is 0.169 e. The van der Waals surface area contributed by atoms with Crippen LogP contribution in [0.5, 0.6) is 0 Å². The van der Waals surface area contributed by atoms with Gasteiger partial charge in [-0.3, -0.25) is 0 Å². The van der Waals surface area contributed by atoms with Crippen molar-refractivity contribution in [2.24, 2.45) is 0 Å². The lowest BCUT2D eigenvalue weighted by Crippen LogP contribution is -2.20. The lowest BCUT2D eigenvalue weighted by atomic mass is 9.88. The summed E-state index contributed by atoms with van der Waals surface area (Å²) < 4.78 is 6.58. The molecule has 0 bridgehead atoms. The van der Waals surface area contributed by atoms with E-state index in [2.05, 4.69) is 54.2 Å². The summed E-state index contributed by atoms with van der Waals surface area (Å²) in [4.78, 5) is 0. The van der Waals surface area contributed by atoms with E-state index in [1.54, 1.807) is 0 Å². The zero-order chi connectivity index (χ0) is 15.4. The number of nitrogens with one attached hydrogen (secondary N) is 1. The van der Waals surface area contributed by atoms with Crippen LogP contribution in [0.2, 0.25) is 0 Å². The molecule has 1 aromatic heterocycles. The molecule has 0 saturated heterocycles. The van der Waals surface area contributed by atoms with E-state index < -0.39 is 0 Å². The van der Waals surface area contributed by atoms with Gasteiger partial charge in [0.1, 0.15) is 5.76 Å². The van der Waals surface area contributed by atoms with Gasteiger partial charge in [0.2, 0.25) is 0 Å². The first-order valence-corrected chi connectivity index (χ1v) is 8.50. The molecule has 1 unspecified atom stereocenters. The molecule has 2 nitrogen and oxygen atoms in total. The lowest BCUT2D eigenvalue weighted by molar-refractivity contribution is 0.445. The third-order valence-electron chi connectivity index (χ3n) is 4.04. The summed E-state index contributed by atoms with van der Waals surface area (Å²) >= 11 is 3.40. The summed E-state index contributed by atoms with van der Waals surface area (Å²) in [6.45, 7) is 6.66. The Hall–Kier alpha value is -1.06. The number of hydrogen-bond acceptors (Lipinski definition) is 2. The van der Waals surface area contributed by atoms with Crippen LogP contribution in [0, 0.1) is 0 Å². The van der Waals surface area contributed by atoms with Crippen LogP contribution in [0.1, 0.15) is 54.8 Å². The largest absolute Gasteiger partial charge is 0.452 e. The van der Waals surface area contributed by atoms with Gasteiger partial charge in [0, 0.05) is 0 Å². The Labute approximate surface area is 136 Å². The molecular weight excluding hydrogens is 326 g/mol. The minimum absolute atomic E-state index is 0.104. The van der Waals surface area contributed by atoms with Crippen molar-refractivity contribution < 1.29 is 4.42 Å². The minimum Gasteiger partial charge on any atom is -0.452 e. The Balaban J connectivity index is 2.58. The Kier molecular flexibility index (Phi) is 5.65. The van der Waals surface area contributed by atoms with E-state index in [9.17, 15) is 0 Å². The molecule has 1 N–H and O–H groups in total. The van der Waals surface area contributed by atoms with Gasteiger partial charge in [0.05, 0.1) is 6.04 Å². The molecule has 0 aliphatic carbocycles. The third kappa shape index (κ3) is 3.41. The fourth-order valence-corrected chi connectivity index (χ4v) is 3.24. The van der Waals surface area contributed by atoms with E-state index in [0.29, 0.717) is 0 Å². The smallest absolute Gasteiger partial charge is 0.169 e. The Morgan fingerprint density at radius 2 is 1.67 bits per heavy atom. The van der Waals surface area contributed by atoms with Crippen LogP contribution in [0.15, 0.2) is 33.4 Å². The Bertz CT molecular complexity index is 578. The zero-order valence-corrected chi connectivity index (χ0v) is 14.9. The van der Waals surface area contributed by atoms with Crippen LogP contribution < -0.4 is 5.32 Å². The number of aryl methyl sites for hydroxylation is 3. The molecule has 3 heteroatoms. The van der Waals surface area contributed by atoms with Crippen LogP contribution in [-0.4, -0.2) is 7.05 Å². The van der Waals surface area contributed by atoms with E-state index in [4.69, 9.17) is 4.42 Å². The maximum absolute atomic E-state index is 5.80. The van der Waals surface area contributed by atoms with E-state index in [1.165, 1.54) is 22.3 Å². The number of benzene rings is 1. The standard InChI is InChI=1S/C18H24BrNO/c1-5-12-10-13(6-2)17(14(7-3)11-12)18(20-4)15-8-9-16(19)21-15/h8-11,18,20H,5-7H2,1-4H3. The van der Waals surface area contributed by atoms with Crippen molar-refractivity contribution in [3.05, 3.63) is 56.9 Å². The molecule has 0 aliphatic heterocycles. The number of rotatable bonds is 6. The second-order valence-electron chi connectivity index (χ2n) is 5.25. The molecule has 0 fully saturated rings. The summed E-state index contributed by atoms with van der Waals surface area (Å²) in [5.74, 6) is 0.957. The average Bonchev–Trinajstić information content (AvgIpc) is 2.94. The molecule has 114 valence electrons. The highest BCUT2D eigenvalue weighted by Crippen LogP contribution is 2.32. The van der Waals surface area contributed by atoms with Crippen molar-refractivity contribution in [2.75, 3.05) is 7.05 Å². The van der Waals surface area contributed by atoms with Gasteiger partial charge in [-0.1, -0.05) is 32.9 Å². The Morgan fingerprint density at radius 1 is 1.05 bits per heavy atom. The fraction of sp³-hybridized carbons (Fsp3) is 0.444. The van der Waals surface area contributed by atoms with Crippen molar-refractivity contribution >= 4 is 15.9 Å². The van der Waals surface area contributed by atoms with Gasteiger partial charge in [0.25, 0.3) is 0 Å². The number of hydrogen-bond donors (Lipinski definition) is 1. The van der Waals surface area contributed by atoms with Gasteiger partial charge >= 0.3 is 0 Å². The maximum atomic E-state index is 5.80. The van der Waals surface area contributed by atoms with Gasteiger partial charge < -0.3 is 9.73 Å². The molecule has 0 spiro atoms. The Morgan fingerprint density at radius 3 is 2.05 bits per heavy atom. The predicted molar refractivity (Wildman–Crippen MR) is 91.9 cm³/mol. The molecule has 1 atom stereocenters. The van der Waals surface area contributed by atoms with E-state index in [-0.39, 0.29) is 6.04 Å². The van der Waals surface area contributed by atoms with Crippen molar-refractivity contribution in [3.63, 3.8) is 0 Å². The van der Waals surface area contributed by atoms with Gasteiger partial charge in [-0.05, 0) is 76.6 Å². The van der Waals surface area contributed by atoms with Crippen molar-refractivity contribution in [1.29, 1.82) is 0 Å². The van der Waals surface area contributed by atoms with E-state index in [1.807, 2.05) is 19.2 Å². The molecule has 1 aromatic carbocycles. The molecule has 21 heavy (non-hydrogen) atoms. The van der Waals surface area contributed by atoms with Crippen molar-refractivity contribution in [1.82, 2.24) is 5.32 Å². The molecule has 2 aromatic rings. The second kappa shape index (κ2) is 7.28. The summed E-state index contributed by atoms with van der Waals surface area (Å²) in [5, 5.41) is 3.42. The molecule has 1 heterocycles. The van der Waals surface area contributed by atoms with E-state index >= 15 is 0 Å². The van der Waals surface area contributed by atoms with Gasteiger partial charge in [-0.25, -0.2) is 0 Å². The topological polar surface area (TPSA) is 25.2 Å². The van der Waals surface area contributed by atoms with Crippen molar-refractivity contribution in [3.8, 4) is 0 Å². The highest BCUT2D eigenvalue weighted by Gasteiger charge is 2.22. The summed E-state index contributed by atoms with van der Waals surface area (Å²) in [5.41, 5.74) is 5.63. The first-order chi connectivity index (χ1) is 10.1. The fourth-order valence-electron chi connectivity index (χ4n) is 2.92. The monoisotopic (exact) mass is 349 g/mol. The highest BCUT2D eigenvalue weighted by molar-refractivity contribution is 9.10. The SMILES string of the molecule is CCc1cc(CC)c(C(NC)c2ccc(Br)o2)c(CC)c1. The molecule has 0 aliphatic rings. The van der Waals surface area contributed by atoms with Crippen molar-refractivity contribution in [2.45, 2.75) is 46.1 Å². The summed E-state index contributed by atoms with van der Waals surface area (Å²) in [6, 6.07) is 8.79. The average molecular weight is 350 g/mol. The third-order valence-corrected chi connectivity index (χ3v) is 4.46. The highest BCUT2D eigenvalue weighted by atomic mass is 79.9. The van der Waals surface area contributed by atoms with Crippen LogP contribution in [0.25, 0.3) is 0 Å². The molecular formula is C18H24BrNO. The number of furan rings is 1. The summed E-state index contributed by atoms with van der Waals surface area (Å²) in [7, 11) is 1.99. The van der Waals surface area contributed by atoms with Crippen LogP contribution in [0.4, 0.5) is 0 Å². The predicted octanol–water partition coefficient (Wildman–Crippen LogP) is 5.04. The second-order valence-corrected chi connectivity index (χ2v) is 6.03. The minimum atomic E-state index is 0.104. The van der Waals surface area contributed by atoms with Gasteiger partial charge in [-0.2, -0.15) is 0 Å². The zero-order valence-electron chi connectivity index (χ0n) is 13.3. The van der Waals surface area contributed by atoms with Crippen LogP contribution in [-0.2, 0) is 19.3 Å². The first-order valence-electron chi connectivity index (χ1n) is 7.71. The van der Waals surface area contributed by atoms with Crippen LogP contribution >= 0.6 is 15.9 Å². The lowest BCUT2D eigenvalue weighted by Gasteiger charge is -2.22. The summed E-state index contributed by atoms with van der Waals surface area (Å²) in [6.07, 6.45) is 3.16. The normalized spacial score (nSPS) is 12.6. The quantitative estimate of drug-likeness (QED) is 0.790. The van der Waals surface area contributed by atoms with Gasteiger partial charge in [0.15, 0.2) is 4.67 Å². The van der Waals surface area contributed by atoms with E-state index in [0.717, 1.165) is 29.7 Å². The number of halogens is 1. The van der Waals surface area contributed by atoms with Gasteiger partial charge in [-0.15, -0.1) is 0 Å². The molecule has 0 saturated carbocycles. The molecule has 2 rings (SSSR count). The molecule has 0 amide bonds. The molecule has 0 radical (unpaired) electrons. The first kappa shape index (κ1) is 16.3. The van der Waals surface area contributed by atoms with Crippen LogP contribution in [0.3, 0.4) is 0 Å².